The Morgan fingerprint density at radius 1 is 1.42 bits per heavy atom. The van der Waals surface area contributed by atoms with Crippen molar-refractivity contribution in [2.75, 3.05) is 7.11 Å². The van der Waals surface area contributed by atoms with Gasteiger partial charge in [-0.25, -0.2) is 4.79 Å². The van der Waals surface area contributed by atoms with Crippen molar-refractivity contribution >= 4 is 11.9 Å². The Balaban J connectivity index is 2.41. The monoisotopic (exact) mass is 261 g/mol. The second-order valence-corrected chi connectivity index (χ2v) is 4.98. The molecule has 0 aromatic heterocycles. The Kier molecular flexibility index (Phi) is 3.46. The zero-order chi connectivity index (χ0) is 14.2. The molecular weight excluding hydrogens is 242 g/mol. The number of carbonyl (C=O) groups is 1. The first kappa shape index (κ1) is 13.4. The molecule has 5 heteroatoms. The highest BCUT2D eigenvalue weighted by Crippen LogP contribution is 2.30. The second-order valence-electron chi connectivity index (χ2n) is 4.98. The lowest BCUT2D eigenvalue weighted by molar-refractivity contribution is 0.190. The van der Waals surface area contributed by atoms with Crippen LogP contribution < -0.4 is 10.1 Å². The van der Waals surface area contributed by atoms with Crippen LogP contribution in [0.3, 0.4) is 0 Å². The maximum atomic E-state index is 11.9. The highest BCUT2D eigenvalue weighted by molar-refractivity contribution is 6.06. The maximum absolute atomic E-state index is 11.9. The van der Waals surface area contributed by atoms with Gasteiger partial charge in [0.15, 0.2) is 0 Å². The van der Waals surface area contributed by atoms with E-state index in [0.29, 0.717) is 0 Å². The molecule has 0 spiro atoms. The van der Waals surface area contributed by atoms with Crippen molar-refractivity contribution in [1.82, 2.24) is 10.2 Å². The summed E-state index contributed by atoms with van der Waals surface area (Å²) in [5, 5.41) is 10.5. The number of urea groups is 1. The van der Waals surface area contributed by atoms with Gasteiger partial charge in [-0.15, -0.1) is 0 Å². The fourth-order valence-corrected chi connectivity index (χ4v) is 2.44. The summed E-state index contributed by atoms with van der Waals surface area (Å²) in [4.78, 5) is 13.6. The number of amides is 2. The zero-order valence-electron chi connectivity index (χ0n) is 11.7. The van der Waals surface area contributed by atoms with Crippen LogP contribution in [-0.2, 0) is 0 Å². The van der Waals surface area contributed by atoms with Gasteiger partial charge in [0.05, 0.1) is 7.11 Å². The van der Waals surface area contributed by atoms with E-state index in [9.17, 15) is 4.79 Å². The van der Waals surface area contributed by atoms with E-state index >= 15 is 0 Å². The third-order valence-electron chi connectivity index (χ3n) is 3.32. The summed E-state index contributed by atoms with van der Waals surface area (Å²) in [5.74, 6) is 1.03. The predicted octanol–water partition coefficient (Wildman–Crippen LogP) is 2.46. The molecule has 102 valence electrons. The van der Waals surface area contributed by atoms with Crippen molar-refractivity contribution in [1.29, 1.82) is 5.41 Å². The molecule has 0 bridgehead atoms. The molecule has 2 N–H and O–H groups in total. The van der Waals surface area contributed by atoms with Crippen molar-refractivity contribution in [2.45, 2.75) is 32.9 Å². The number of amidine groups is 1. The first-order valence-electron chi connectivity index (χ1n) is 6.28. The van der Waals surface area contributed by atoms with Crippen molar-refractivity contribution in [3.8, 4) is 5.75 Å². The smallest absolute Gasteiger partial charge is 0.323 e. The van der Waals surface area contributed by atoms with Crippen LogP contribution in [0.15, 0.2) is 18.2 Å². The quantitative estimate of drug-likeness (QED) is 0.877. The highest BCUT2D eigenvalue weighted by atomic mass is 16.5. The Morgan fingerprint density at radius 2 is 2.11 bits per heavy atom. The standard InChI is InChI=1S/C14H19N3O2/c1-8(2)17-12(13(15)16-14(17)18)10-5-6-11(19-4)9(3)7-10/h5-8,12H,1-4H3,(H2,15,16,18). The van der Waals surface area contributed by atoms with E-state index in [-0.39, 0.29) is 24.0 Å². The molecule has 1 aliphatic rings. The number of aryl methyl sites for hydroxylation is 1. The molecule has 5 nitrogen and oxygen atoms in total. The van der Waals surface area contributed by atoms with Crippen LogP contribution in [0.1, 0.15) is 31.0 Å². The van der Waals surface area contributed by atoms with Crippen LogP contribution >= 0.6 is 0 Å². The van der Waals surface area contributed by atoms with Gasteiger partial charge in [0, 0.05) is 6.04 Å². The van der Waals surface area contributed by atoms with Gasteiger partial charge in [0.1, 0.15) is 17.6 Å². The first-order valence-corrected chi connectivity index (χ1v) is 6.28. The van der Waals surface area contributed by atoms with Gasteiger partial charge in [-0.1, -0.05) is 6.07 Å². The number of nitrogens with one attached hydrogen (secondary N) is 2. The topological polar surface area (TPSA) is 65.4 Å². The predicted molar refractivity (Wildman–Crippen MR) is 73.7 cm³/mol. The van der Waals surface area contributed by atoms with E-state index in [0.717, 1.165) is 16.9 Å². The molecule has 1 unspecified atom stereocenters. The number of rotatable bonds is 3. The number of benzene rings is 1. The molecular formula is C14H19N3O2. The lowest BCUT2D eigenvalue weighted by atomic mass is 10.0. The molecule has 2 amide bonds. The molecule has 1 atom stereocenters. The molecule has 19 heavy (non-hydrogen) atoms. The van der Waals surface area contributed by atoms with Gasteiger partial charge < -0.3 is 9.64 Å². The molecule has 0 saturated carbocycles. The zero-order valence-corrected chi connectivity index (χ0v) is 11.7. The van der Waals surface area contributed by atoms with E-state index in [4.69, 9.17) is 10.1 Å². The third-order valence-corrected chi connectivity index (χ3v) is 3.32. The minimum atomic E-state index is -0.336. The van der Waals surface area contributed by atoms with E-state index < -0.39 is 0 Å². The average molecular weight is 261 g/mol. The van der Waals surface area contributed by atoms with Crippen molar-refractivity contribution in [2.24, 2.45) is 0 Å². The minimum absolute atomic E-state index is 0.0373. The summed E-state index contributed by atoms with van der Waals surface area (Å²) in [5.41, 5.74) is 1.92. The molecule has 1 saturated heterocycles. The van der Waals surface area contributed by atoms with Gasteiger partial charge in [-0.2, -0.15) is 0 Å². The number of methoxy groups -OCH3 is 1. The van der Waals surface area contributed by atoms with Gasteiger partial charge >= 0.3 is 6.03 Å². The molecule has 1 aromatic rings. The summed E-state index contributed by atoms with van der Waals surface area (Å²) >= 11 is 0. The number of hydrogen-bond acceptors (Lipinski definition) is 3. The Hall–Kier alpha value is -2.04. The van der Waals surface area contributed by atoms with Gasteiger partial charge in [-0.3, -0.25) is 10.7 Å². The van der Waals surface area contributed by atoms with E-state index in [1.54, 1.807) is 12.0 Å². The lowest BCUT2D eigenvalue weighted by Gasteiger charge is -2.27. The number of hydrogen-bond donors (Lipinski definition) is 2. The largest absolute Gasteiger partial charge is 0.496 e. The number of carbonyl (C=O) groups excluding carboxylic acids is 1. The molecule has 2 rings (SSSR count). The molecule has 1 aliphatic heterocycles. The van der Waals surface area contributed by atoms with Crippen LogP contribution in [-0.4, -0.2) is 29.9 Å². The summed E-state index contributed by atoms with van der Waals surface area (Å²) < 4.78 is 5.24. The fraction of sp³-hybridized carbons (Fsp3) is 0.429. The summed E-state index contributed by atoms with van der Waals surface area (Å²) in [6.45, 7) is 5.85. The Labute approximate surface area is 113 Å². The average Bonchev–Trinajstić information content (AvgIpc) is 2.64. The van der Waals surface area contributed by atoms with Gasteiger partial charge in [0.25, 0.3) is 0 Å². The fourth-order valence-electron chi connectivity index (χ4n) is 2.44. The third kappa shape index (κ3) is 2.28. The summed E-state index contributed by atoms with van der Waals surface area (Å²) in [7, 11) is 1.63. The molecule has 1 aromatic carbocycles. The minimum Gasteiger partial charge on any atom is -0.496 e. The maximum Gasteiger partial charge on any atom is 0.323 e. The van der Waals surface area contributed by atoms with Crippen molar-refractivity contribution in [3.63, 3.8) is 0 Å². The number of nitrogens with zero attached hydrogens (tertiary/aromatic N) is 1. The Morgan fingerprint density at radius 3 is 2.63 bits per heavy atom. The van der Waals surface area contributed by atoms with Crippen LogP contribution in [0.5, 0.6) is 5.75 Å². The first-order chi connectivity index (χ1) is 8.95. The normalized spacial score (nSPS) is 19.0. The molecule has 1 heterocycles. The van der Waals surface area contributed by atoms with Gasteiger partial charge in [0.2, 0.25) is 0 Å². The Bertz CT molecular complexity index is 525. The summed E-state index contributed by atoms with van der Waals surface area (Å²) in [6, 6.07) is 5.24. The van der Waals surface area contributed by atoms with E-state index in [1.165, 1.54) is 0 Å². The molecule has 1 fully saturated rings. The van der Waals surface area contributed by atoms with E-state index in [1.807, 2.05) is 39.0 Å². The summed E-state index contributed by atoms with van der Waals surface area (Å²) in [6.07, 6.45) is 0. The second kappa shape index (κ2) is 4.91. The van der Waals surface area contributed by atoms with Crippen LogP contribution in [0.2, 0.25) is 0 Å². The van der Waals surface area contributed by atoms with Crippen LogP contribution in [0, 0.1) is 12.3 Å². The SMILES string of the molecule is COc1ccc(C2C(=N)NC(=O)N2C(C)C)cc1C. The van der Waals surface area contributed by atoms with Crippen LogP contribution in [0.25, 0.3) is 0 Å². The lowest BCUT2D eigenvalue weighted by Crippen LogP contribution is -2.35. The van der Waals surface area contributed by atoms with E-state index in [2.05, 4.69) is 5.32 Å². The van der Waals surface area contributed by atoms with Gasteiger partial charge in [-0.05, 0) is 44.0 Å². The number of ether oxygens (including phenoxy) is 1. The van der Waals surface area contributed by atoms with Crippen molar-refractivity contribution < 1.29 is 9.53 Å². The van der Waals surface area contributed by atoms with Crippen LogP contribution in [0.4, 0.5) is 4.79 Å². The molecule has 0 aliphatic carbocycles. The van der Waals surface area contributed by atoms with Crippen molar-refractivity contribution in [3.05, 3.63) is 29.3 Å². The highest BCUT2D eigenvalue weighted by Gasteiger charge is 2.38. The molecule has 0 radical (unpaired) electrons.